The van der Waals surface area contributed by atoms with E-state index in [0.717, 1.165) is 23.2 Å². The summed E-state index contributed by atoms with van der Waals surface area (Å²) in [4.78, 5) is 52.9. The number of fused-ring (bicyclic) bond motifs is 2. The van der Waals surface area contributed by atoms with Gasteiger partial charge in [0.2, 0.25) is 17.7 Å². The van der Waals surface area contributed by atoms with E-state index in [1.165, 1.54) is 4.90 Å². The number of nitrogens with zero attached hydrogens (tertiary/aromatic N) is 3. The maximum absolute atomic E-state index is 14.0. The van der Waals surface area contributed by atoms with Gasteiger partial charge >= 0.3 is 12.1 Å². The molecule has 0 aliphatic carbocycles. The molecule has 3 aliphatic rings. The summed E-state index contributed by atoms with van der Waals surface area (Å²) in [5.41, 5.74) is 2.09. The van der Waals surface area contributed by atoms with Crippen LogP contribution in [0.2, 0.25) is 0 Å². The Hall–Kier alpha value is -3.67. The summed E-state index contributed by atoms with van der Waals surface area (Å²) in [6.07, 6.45) is -1.76. The van der Waals surface area contributed by atoms with Crippen LogP contribution in [-0.4, -0.2) is 68.0 Å². The Balaban J connectivity index is 0.000000448. The van der Waals surface area contributed by atoms with Gasteiger partial charge in [0.05, 0.1) is 18.4 Å². The van der Waals surface area contributed by atoms with E-state index in [-0.39, 0.29) is 23.8 Å². The Morgan fingerprint density at radius 1 is 1.13 bits per heavy atom. The molecule has 0 bridgehead atoms. The van der Waals surface area contributed by atoms with Gasteiger partial charge in [-0.25, -0.2) is 4.79 Å². The lowest BCUT2D eigenvalue weighted by molar-refractivity contribution is -0.192. The number of alkyl halides is 3. The molecule has 1 aromatic carbocycles. The predicted molar refractivity (Wildman–Crippen MR) is 133 cm³/mol. The number of rotatable bonds is 4. The minimum Gasteiger partial charge on any atom is -0.475 e. The molecule has 9 nitrogen and oxygen atoms in total. The van der Waals surface area contributed by atoms with Gasteiger partial charge in [-0.05, 0) is 44.4 Å². The highest BCUT2D eigenvalue weighted by Gasteiger charge is 2.68. The van der Waals surface area contributed by atoms with Crippen LogP contribution in [0.15, 0.2) is 42.6 Å². The van der Waals surface area contributed by atoms with Gasteiger partial charge in [-0.3, -0.25) is 24.6 Å². The third-order valence-corrected chi connectivity index (χ3v) is 7.81. The van der Waals surface area contributed by atoms with E-state index in [0.29, 0.717) is 26.1 Å². The van der Waals surface area contributed by atoms with Crippen molar-refractivity contribution in [2.24, 2.45) is 18.9 Å². The zero-order valence-corrected chi connectivity index (χ0v) is 21.9. The minimum absolute atomic E-state index is 0.0614. The van der Waals surface area contributed by atoms with Crippen molar-refractivity contribution in [2.75, 3.05) is 13.1 Å². The quantitative estimate of drug-likeness (QED) is 0.569. The number of piperidine rings is 1. The molecule has 12 heteroatoms. The number of carboxylic acids is 1. The number of amides is 3. The number of aryl methyl sites for hydroxylation is 2. The number of carbonyl (C=O) groups excluding carboxylic acids is 3. The zero-order chi connectivity index (χ0) is 28.7. The van der Waals surface area contributed by atoms with E-state index < -0.39 is 29.5 Å². The number of halogens is 3. The lowest BCUT2D eigenvalue weighted by Gasteiger charge is -2.42. The maximum atomic E-state index is 14.0. The Morgan fingerprint density at radius 2 is 1.77 bits per heavy atom. The van der Waals surface area contributed by atoms with Gasteiger partial charge in [0.15, 0.2) is 0 Å². The third kappa shape index (κ3) is 5.05. The topological polar surface area (TPSA) is 112 Å². The highest BCUT2D eigenvalue weighted by Crippen LogP contribution is 2.52. The van der Waals surface area contributed by atoms with Gasteiger partial charge in [0.1, 0.15) is 5.54 Å². The SMILES string of the molecule is CCN1C(=O)[C@H]2[C@@H](c3ccc(C)cc3)N[C@]3(CCCN(Cc4cccn4C)C3=O)[C@H]2C1=O.O=C(O)C(F)(F)F. The van der Waals surface area contributed by atoms with E-state index >= 15 is 0 Å². The van der Waals surface area contributed by atoms with Crippen molar-refractivity contribution in [3.63, 3.8) is 0 Å². The zero-order valence-electron chi connectivity index (χ0n) is 21.9. The smallest absolute Gasteiger partial charge is 0.475 e. The fraction of sp³-hybridized carbons (Fsp3) is 0.481. The minimum atomic E-state index is -5.08. The molecule has 3 saturated heterocycles. The number of imide groups is 1. The highest BCUT2D eigenvalue weighted by atomic mass is 19.4. The van der Waals surface area contributed by atoms with E-state index in [1.54, 1.807) is 0 Å². The molecule has 5 rings (SSSR count). The summed E-state index contributed by atoms with van der Waals surface area (Å²) in [6, 6.07) is 11.7. The normalized spacial score (nSPS) is 26.6. The first kappa shape index (κ1) is 28.3. The summed E-state index contributed by atoms with van der Waals surface area (Å²) < 4.78 is 33.7. The molecule has 4 heterocycles. The van der Waals surface area contributed by atoms with Gasteiger partial charge in [0.25, 0.3) is 0 Å². The van der Waals surface area contributed by atoms with Crippen LogP contribution < -0.4 is 5.32 Å². The average Bonchev–Trinajstić information content (AvgIpc) is 3.51. The number of hydrogen-bond donors (Lipinski definition) is 2. The van der Waals surface area contributed by atoms with E-state index in [4.69, 9.17) is 9.90 Å². The second-order valence-corrected chi connectivity index (χ2v) is 10.2. The molecular formula is C27H31F3N4O5. The molecule has 3 amide bonds. The van der Waals surface area contributed by atoms with Crippen LogP contribution >= 0.6 is 0 Å². The molecule has 2 N–H and O–H groups in total. The van der Waals surface area contributed by atoms with Gasteiger partial charge in [-0.1, -0.05) is 29.8 Å². The van der Waals surface area contributed by atoms with Gasteiger partial charge in [-0.15, -0.1) is 0 Å². The van der Waals surface area contributed by atoms with Gasteiger partial charge in [0, 0.05) is 38.1 Å². The summed E-state index contributed by atoms with van der Waals surface area (Å²) >= 11 is 0. The largest absolute Gasteiger partial charge is 0.490 e. The fourth-order valence-corrected chi connectivity index (χ4v) is 5.91. The monoisotopic (exact) mass is 548 g/mol. The van der Waals surface area contributed by atoms with E-state index in [9.17, 15) is 27.6 Å². The number of aliphatic carboxylic acids is 1. The van der Waals surface area contributed by atoms with Crippen LogP contribution in [0.4, 0.5) is 13.2 Å². The molecule has 3 aliphatic heterocycles. The molecule has 1 spiro atoms. The van der Waals surface area contributed by atoms with Crippen LogP contribution in [-0.2, 0) is 32.8 Å². The molecule has 3 fully saturated rings. The molecule has 39 heavy (non-hydrogen) atoms. The lowest BCUT2D eigenvalue weighted by Crippen LogP contribution is -2.63. The average molecular weight is 549 g/mol. The van der Waals surface area contributed by atoms with Crippen molar-refractivity contribution in [2.45, 2.75) is 51.0 Å². The predicted octanol–water partition coefficient (Wildman–Crippen LogP) is 2.79. The highest BCUT2D eigenvalue weighted by molar-refractivity contribution is 6.10. The fourth-order valence-electron chi connectivity index (χ4n) is 5.91. The van der Waals surface area contributed by atoms with Crippen molar-refractivity contribution in [3.05, 3.63) is 59.4 Å². The van der Waals surface area contributed by atoms with Crippen LogP contribution in [0.1, 0.15) is 42.6 Å². The Bertz CT molecular complexity index is 1270. The number of likely N-dealkylation sites (tertiary alicyclic amines) is 2. The molecule has 0 radical (unpaired) electrons. The van der Waals surface area contributed by atoms with E-state index in [1.807, 2.05) is 73.0 Å². The first-order valence-corrected chi connectivity index (χ1v) is 12.7. The lowest BCUT2D eigenvalue weighted by atomic mass is 9.74. The number of benzene rings is 1. The van der Waals surface area contributed by atoms with Crippen molar-refractivity contribution >= 4 is 23.7 Å². The number of carboxylic acid groups (broad SMARTS) is 1. The Morgan fingerprint density at radius 3 is 2.31 bits per heavy atom. The van der Waals surface area contributed by atoms with Crippen molar-refractivity contribution < 1.29 is 37.5 Å². The maximum Gasteiger partial charge on any atom is 0.490 e. The van der Waals surface area contributed by atoms with Crippen LogP contribution in [0.5, 0.6) is 0 Å². The molecule has 4 atom stereocenters. The molecule has 0 saturated carbocycles. The summed E-state index contributed by atoms with van der Waals surface area (Å²) in [6.45, 7) is 5.33. The third-order valence-electron chi connectivity index (χ3n) is 7.81. The molecular weight excluding hydrogens is 517 g/mol. The van der Waals surface area contributed by atoms with Crippen molar-refractivity contribution in [3.8, 4) is 0 Å². The summed E-state index contributed by atoms with van der Waals surface area (Å²) in [5, 5.41) is 10.7. The van der Waals surface area contributed by atoms with Crippen LogP contribution in [0, 0.1) is 18.8 Å². The number of nitrogens with one attached hydrogen (secondary N) is 1. The van der Waals surface area contributed by atoms with Crippen molar-refractivity contribution in [1.29, 1.82) is 0 Å². The van der Waals surface area contributed by atoms with E-state index in [2.05, 4.69) is 5.32 Å². The second-order valence-electron chi connectivity index (χ2n) is 10.2. The molecule has 210 valence electrons. The number of hydrogen-bond acceptors (Lipinski definition) is 5. The van der Waals surface area contributed by atoms with Gasteiger partial charge in [-0.2, -0.15) is 13.2 Å². The number of aromatic nitrogens is 1. The van der Waals surface area contributed by atoms with Crippen LogP contribution in [0.25, 0.3) is 0 Å². The summed E-state index contributed by atoms with van der Waals surface area (Å²) in [5.74, 6) is -4.40. The number of carbonyl (C=O) groups is 4. The second kappa shape index (κ2) is 10.5. The Labute approximate surface area is 223 Å². The Kier molecular flexibility index (Phi) is 7.61. The summed E-state index contributed by atoms with van der Waals surface area (Å²) in [7, 11) is 1.97. The first-order valence-electron chi connectivity index (χ1n) is 12.7. The molecule has 0 unspecified atom stereocenters. The first-order chi connectivity index (χ1) is 18.3. The van der Waals surface area contributed by atoms with Gasteiger partial charge < -0.3 is 14.6 Å². The molecule has 1 aromatic heterocycles. The molecule has 2 aromatic rings. The van der Waals surface area contributed by atoms with Crippen LogP contribution in [0.3, 0.4) is 0 Å². The standard InChI is InChI=1S/C25H30N4O3.C2HF3O2/c1-4-29-22(30)19-20(23(29)31)25(26-21(19)17-10-8-16(2)9-11-17)12-6-14-28(24(25)32)15-18-7-5-13-27(18)3;3-2(4,5)1(6)7/h5,7-11,13,19-21,26H,4,6,12,14-15H2,1-3H3;(H,6,7)/t19-,20-,21-,25-;/m1./s1. The van der Waals surface area contributed by atoms with Crippen molar-refractivity contribution in [1.82, 2.24) is 19.7 Å².